The maximum absolute atomic E-state index is 12.2. The molecule has 0 atom stereocenters. The lowest BCUT2D eigenvalue weighted by Crippen LogP contribution is -2.44. The van der Waals surface area contributed by atoms with Crippen LogP contribution in [-0.4, -0.2) is 54.0 Å². The van der Waals surface area contributed by atoms with Crippen molar-refractivity contribution >= 4 is 5.91 Å². The van der Waals surface area contributed by atoms with Gasteiger partial charge in [0.2, 0.25) is 0 Å². The molecule has 18 heavy (non-hydrogen) atoms. The third kappa shape index (κ3) is 2.82. The fourth-order valence-corrected chi connectivity index (χ4v) is 2.41. The molecule has 1 N–H and O–H groups in total. The Hall–Kier alpha value is -1.55. The Balaban J connectivity index is 1.99. The Kier molecular flexibility index (Phi) is 3.87. The molecule has 1 aromatic rings. The number of amides is 1. The molecule has 0 aliphatic carbocycles. The van der Waals surface area contributed by atoms with Crippen LogP contribution in [0.1, 0.15) is 23.2 Å². The lowest BCUT2D eigenvalue weighted by Gasteiger charge is -2.35. The van der Waals surface area contributed by atoms with Crippen LogP contribution in [-0.2, 0) is 0 Å². The van der Waals surface area contributed by atoms with Crippen LogP contribution in [0.25, 0.3) is 0 Å². The van der Waals surface area contributed by atoms with E-state index in [0.29, 0.717) is 11.6 Å². The summed E-state index contributed by atoms with van der Waals surface area (Å²) < 4.78 is 0. The van der Waals surface area contributed by atoms with E-state index < -0.39 is 0 Å². The predicted molar refractivity (Wildman–Crippen MR) is 70.7 cm³/mol. The zero-order chi connectivity index (χ0) is 13.1. The van der Waals surface area contributed by atoms with Crippen molar-refractivity contribution < 1.29 is 9.90 Å². The monoisotopic (exact) mass is 248 g/mol. The molecular weight excluding hydrogens is 228 g/mol. The minimum Gasteiger partial charge on any atom is -0.508 e. The van der Waals surface area contributed by atoms with Crippen LogP contribution in [0, 0.1) is 0 Å². The van der Waals surface area contributed by atoms with Crippen molar-refractivity contribution in [3.05, 3.63) is 29.8 Å². The van der Waals surface area contributed by atoms with E-state index in [2.05, 4.69) is 19.0 Å². The SMILES string of the molecule is CN(C)C1CCN(C(=O)c2cccc(O)c2)CC1. The van der Waals surface area contributed by atoms with Gasteiger partial charge < -0.3 is 14.9 Å². The molecule has 1 aliphatic rings. The Morgan fingerprint density at radius 1 is 1.33 bits per heavy atom. The number of rotatable bonds is 2. The summed E-state index contributed by atoms with van der Waals surface area (Å²) in [6.07, 6.45) is 2.02. The van der Waals surface area contributed by atoms with E-state index in [9.17, 15) is 9.90 Å². The number of hydrogen-bond donors (Lipinski definition) is 1. The average Bonchev–Trinajstić information content (AvgIpc) is 2.38. The van der Waals surface area contributed by atoms with Crippen LogP contribution in [0.3, 0.4) is 0 Å². The van der Waals surface area contributed by atoms with Gasteiger partial charge in [-0.2, -0.15) is 0 Å². The van der Waals surface area contributed by atoms with Gasteiger partial charge in [0.1, 0.15) is 5.75 Å². The average molecular weight is 248 g/mol. The molecule has 0 radical (unpaired) electrons. The molecule has 1 aliphatic heterocycles. The second kappa shape index (κ2) is 5.40. The lowest BCUT2D eigenvalue weighted by atomic mass is 10.0. The molecule has 1 fully saturated rings. The van der Waals surface area contributed by atoms with E-state index >= 15 is 0 Å². The number of likely N-dealkylation sites (tertiary alicyclic amines) is 1. The van der Waals surface area contributed by atoms with E-state index in [-0.39, 0.29) is 11.7 Å². The van der Waals surface area contributed by atoms with Crippen molar-refractivity contribution in [2.75, 3.05) is 27.2 Å². The Bertz CT molecular complexity index is 424. The zero-order valence-corrected chi connectivity index (χ0v) is 11.0. The third-order valence-electron chi connectivity index (χ3n) is 3.58. The highest BCUT2D eigenvalue weighted by Crippen LogP contribution is 2.18. The third-order valence-corrected chi connectivity index (χ3v) is 3.58. The number of aromatic hydroxyl groups is 1. The molecule has 4 heteroatoms. The summed E-state index contributed by atoms with van der Waals surface area (Å²) in [5, 5.41) is 9.40. The molecular formula is C14H20N2O2. The quantitative estimate of drug-likeness (QED) is 0.863. The molecule has 0 unspecified atom stereocenters. The van der Waals surface area contributed by atoms with Gasteiger partial charge in [-0.05, 0) is 45.1 Å². The van der Waals surface area contributed by atoms with Gasteiger partial charge in [0, 0.05) is 24.7 Å². The van der Waals surface area contributed by atoms with E-state index in [4.69, 9.17) is 0 Å². The number of carbonyl (C=O) groups excluding carboxylic acids is 1. The second-order valence-electron chi connectivity index (χ2n) is 5.04. The number of phenols is 1. The summed E-state index contributed by atoms with van der Waals surface area (Å²) in [5.41, 5.74) is 0.568. The topological polar surface area (TPSA) is 43.8 Å². The number of carbonyl (C=O) groups is 1. The van der Waals surface area contributed by atoms with Gasteiger partial charge in [-0.15, -0.1) is 0 Å². The van der Waals surface area contributed by atoms with E-state index in [1.54, 1.807) is 18.2 Å². The fourth-order valence-electron chi connectivity index (χ4n) is 2.41. The molecule has 0 saturated carbocycles. The number of nitrogens with zero attached hydrogens (tertiary/aromatic N) is 2. The lowest BCUT2D eigenvalue weighted by molar-refractivity contribution is 0.0663. The molecule has 2 rings (SSSR count). The van der Waals surface area contributed by atoms with Gasteiger partial charge >= 0.3 is 0 Å². The largest absolute Gasteiger partial charge is 0.508 e. The normalized spacial score (nSPS) is 17.2. The molecule has 1 saturated heterocycles. The molecule has 1 heterocycles. The number of hydrogen-bond acceptors (Lipinski definition) is 3. The van der Waals surface area contributed by atoms with E-state index in [1.165, 1.54) is 6.07 Å². The maximum atomic E-state index is 12.2. The van der Waals surface area contributed by atoms with Crippen LogP contribution < -0.4 is 0 Å². The number of piperidine rings is 1. The summed E-state index contributed by atoms with van der Waals surface area (Å²) in [5.74, 6) is 0.159. The van der Waals surface area contributed by atoms with Crippen LogP contribution >= 0.6 is 0 Å². The van der Waals surface area contributed by atoms with E-state index in [1.807, 2.05) is 4.90 Å². The van der Waals surface area contributed by atoms with Crippen molar-refractivity contribution in [1.29, 1.82) is 0 Å². The van der Waals surface area contributed by atoms with Gasteiger partial charge in [0.15, 0.2) is 0 Å². The molecule has 4 nitrogen and oxygen atoms in total. The van der Waals surface area contributed by atoms with Crippen molar-refractivity contribution in [3.8, 4) is 5.75 Å². The van der Waals surface area contributed by atoms with Gasteiger partial charge in [0.05, 0.1) is 0 Å². The summed E-state index contributed by atoms with van der Waals surface area (Å²) in [7, 11) is 4.16. The van der Waals surface area contributed by atoms with Crippen LogP contribution in [0.5, 0.6) is 5.75 Å². The highest BCUT2D eigenvalue weighted by molar-refractivity contribution is 5.94. The van der Waals surface area contributed by atoms with Crippen molar-refractivity contribution in [1.82, 2.24) is 9.80 Å². The summed E-state index contributed by atoms with van der Waals surface area (Å²) in [6, 6.07) is 7.13. The minimum atomic E-state index is 0.0168. The van der Waals surface area contributed by atoms with Gasteiger partial charge in [-0.25, -0.2) is 0 Å². The van der Waals surface area contributed by atoms with Crippen molar-refractivity contribution in [2.24, 2.45) is 0 Å². The first-order valence-electron chi connectivity index (χ1n) is 6.32. The molecule has 1 amide bonds. The molecule has 0 bridgehead atoms. The summed E-state index contributed by atoms with van der Waals surface area (Å²) in [4.78, 5) is 16.3. The first kappa shape index (κ1) is 12.9. The molecule has 0 aromatic heterocycles. The summed E-state index contributed by atoms with van der Waals surface area (Å²) in [6.45, 7) is 1.58. The Morgan fingerprint density at radius 3 is 2.56 bits per heavy atom. The Morgan fingerprint density at radius 2 is 2.00 bits per heavy atom. The highest BCUT2D eigenvalue weighted by atomic mass is 16.3. The maximum Gasteiger partial charge on any atom is 0.253 e. The van der Waals surface area contributed by atoms with Gasteiger partial charge in [-0.1, -0.05) is 6.07 Å². The first-order valence-corrected chi connectivity index (χ1v) is 6.32. The first-order chi connectivity index (χ1) is 8.58. The van der Waals surface area contributed by atoms with Gasteiger partial charge in [-0.3, -0.25) is 4.79 Å². The van der Waals surface area contributed by atoms with Crippen LogP contribution in [0.15, 0.2) is 24.3 Å². The number of phenolic OH excluding ortho intramolecular Hbond substituents is 1. The van der Waals surface area contributed by atoms with Crippen LogP contribution in [0.2, 0.25) is 0 Å². The fraction of sp³-hybridized carbons (Fsp3) is 0.500. The number of benzene rings is 1. The second-order valence-corrected chi connectivity index (χ2v) is 5.04. The molecule has 98 valence electrons. The molecule has 1 aromatic carbocycles. The molecule has 0 spiro atoms. The summed E-state index contributed by atoms with van der Waals surface area (Å²) >= 11 is 0. The van der Waals surface area contributed by atoms with Crippen molar-refractivity contribution in [3.63, 3.8) is 0 Å². The predicted octanol–water partition coefficient (Wildman–Crippen LogP) is 1.56. The Labute approximate surface area is 108 Å². The standard InChI is InChI=1S/C14H20N2O2/c1-15(2)12-6-8-16(9-7-12)14(18)11-4-3-5-13(17)10-11/h3-5,10,12,17H,6-9H2,1-2H3. The smallest absolute Gasteiger partial charge is 0.253 e. The highest BCUT2D eigenvalue weighted by Gasteiger charge is 2.24. The van der Waals surface area contributed by atoms with E-state index in [0.717, 1.165) is 25.9 Å². The van der Waals surface area contributed by atoms with Gasteiger partial charge in [0.25, 0.3) is 5.91 Å². The minimum absolute atomic E-state index is 0.0168. The van der Waals surface area contributed by atoms with Crippen molar-refractivity contribution in [2.45, 2.75) is 18.9 Å². The zero-order valence-electron chi connectivity index (χ0n) is 11.0. The van der Waals surface area contributed by atoms with Crippen LogP contribution in [0.4, 0.5) is 0 Å².